The average Bonchev–Trinajstić information content (AvgIpc) is 3.43. The third kappa shape index (κ3) is 5.51. The van der Waals surface area contributed by atoms with Crippen molar-refractivity contribution in [1.82, 2.24) is 14.3 Å². The molecule has 2 aromatic carbocycles. The maximum atomic E-state index is 12.7. The van der Waals surface area contributed by atoms with Crippen molar-refractivity contribution in [3.8, 4) is 10.4 Å². The number of imidazole rings is 1. The molecule has 0 saturated heterocycles. The molecule has 1 N–H and O–H groups in total. The number of hydrogen-bond acceptors (Lipinski definition) is 5. The Bertz CT molecular complexity index is 1430. The molecule has 0 radical (unpaired) electrons. The highest BCUT2D eigenvalue weighted by molar-refractivity contribution is 7.90. The fraction of sp³-hybridized carbons (Fsp3) is 0.280. The summed E-state index contributed by atoms with van der Waals surface area (Å²) >= 11 is 8.27. The van der Waals surface area contributed by atoms with E-state index in [-0.39, 0.29) is 11.3 Å². The number of amides is 1. The third-order valence-electron chi connectivity index (χ3n) is 5.65. The summed E-state index contributed by atoms with van der Waals surface area (Å²) in [5, 5.41) is 2.68. The molecule has 34 heavy (non-hydrogen) atoms. The van der Waals surface area contributed by atoms with Gasteiger partial charge in [-0.3, -0.25) is 4.79 Å². The lowest BCUT2D eigenvalue weighted by atomic mass is 10.1. The molecule has 0 aliphatic rings. The fourth-order valence-corrected chi connectivity index (χ4v) is 5.87. The summed E-state index contributed by atoms with van der Waals surface area (Å²) < 4.78 is 28.7. The standard InChI is InChI=1S/C25H26ClN3O3S2/c1-3-4-5-13-34(31,32)28-25(30)19-10-11-22-23(15-19)29(17(2)27-22)16-20-9-8-18(14-21(20)26)24-7-6-12-33-24/h6-12,14-15H,3-5,13,16H2,1-2H3,(H,28,30). The number of thiophene rings is 1. The lowest BCUT2D eigenvalue weighted by Crippen LogP contribution is -2.32. The number of carbonyl (C=O) groups is 1. The van der Waals surface area contributed by atoms with Gasteiger partial charge in [-0.15, -0.1) is 11.3 Å². The number of carbonyl (C=O) groups excluding carboxylic acids is 1. The summed E-state index contributed by atoms with van der Waals surface area (Å²) in [6.07, 6.45) is 2.23. The molecule has 6 nitrogen and oxygen atoms in total. The predicted molar refractivity (Wildman–Crippen MR) is 139 cm³/mol. The molecule has 0 spiro atoms. The molecule has 0 unspecified atom stereocenters. The summed E-state index contributed by atoms with van der Waals surface area (Å²) in [6.45, 7) is 4.37. The zero-order chi connectivity index (χ0) is 24.3. The number of aryl methyl sites for hydroxylation is 1. The molecular weight excluding hydrogens is 490 g/mol. The number of sulfonamides is 1. The first kappa shape index (κ1) is 24.4. The van der Waals surface area contributed by atoms with Gasteiger partial charge in [0.25, 0.3) is 5.91 Å². The molecule has 4 aromatic rings. The highest BCUT2D eigenvalue weighted by Gasteiger charge is 2.18. The number of halogens is 1. The second-order valence-corrected chi connectivity index (χ2v) is 11.4. The molecule has 4 rings (SSSR count). The Hall–Kier alpha value is -2.68. The van der Waals surface area contributed by atoms with Crippen LogP contribution in [-0.4, -0.2) is 29.6 Å². The summed E-state index contributed by atoms with van der Waals surface area (Å²) in [7, 11) is -3.67. The second-order valence-electron chi connectivity index (χ2n) is 8.19. The van der Waals surface area contributed by atoms with E-state index in [0.717, 1.165) is 45.7 Å². The molecule has 2 aromatic heterocycles. The van der Waals surface area contributed by atoms with Gasteiger partial charge in [-0.05, 0) is 60.2 Å². The van der Waals surface area contributed by atoms with Crippen LogP contribution in [0.3, 0.4) is 0 Å². The topological polar surface area (TPSA) is 81.1 Å². The number of fused-ring (bicyclic) bond motifs is 1. The van der Waals surface area contributed by atoms with Gasteiger partial charge in [-0.1, -0.05) is 49.6 Å². The van der Waals surface area contributed by atoms with Crippen molar-refractivity contribution in [3.05, 3.63) is 75.9 Å². The van der Waals surface area contributed by atoms with Crippen LogP contribution in [0.15, 0.2) is 53.9 Å². The minimum absolute atomic E-state index is 0.0637. The van der Waals surface area contributed by atoms with E-state index in [2.05, 4.69) is 15.8 Å². The van der Waals surface area contributed by atoms with Crippen molar-refractivity contribution < 1.29 is 13.2 Å². The van der Waals surface area contributed by atoms with E-state index in [1.165, 1.54) is 0 Å². The molecular formula is C25H26ClN3O3S2. The van der Waals surface area contributed by atoms with Crippen LogP contribution in [0.25, 0.3) is 21.5 Å². The Kier molecular flexibility index (Phi) is 7.40. The Balaban J connectivity index is 1.59. The Morgan fingerprint density at radius 3 is 2.68 bits per heavy atom. The van der Waals surface area contributed by atoms with Crippen LogP contribution in [0.5, 0.6) is 0 Å². The van der Waals surface area contributed by atoms with E-state index in [1.54, 1.807) is 29.5 Å². The minimum Gasteiger partial charge on any atom is -0.324 e. The number of benzene rings is 2. The van der Waals surface area contributed by atoms with E-state index in [9.17, 15) is 13.2 Å². The number of aromatic nitrogens is 2. The fourth-order valence-electron chi connectivity index (χ4n) is 3.82. The van der Waals surface area contributed by atoms with Crippen molar-refractivity contribution >= 4 is 49.9 Å². The van der Waals surface area contributed by atoms with E-state index in [4.69, 9.17) is 11.6 Å². The Labute approximate surface area is 208 Å². The first-order valence-corrected chi connectivity index (χ1v) is 14.0. The Morgan fingerprint density at radius 1 is 1.15 bits per heavy atom. The number of nitrogens with one attached hydrogen (secondary N) is 1. The van der Waals surface area contributed by atoms with Gasteiger partial charge >= 0.3 is 0 Å². The zero-order valence-electron chi connectivity index (χ0n) is 19.0. The van der Waals surface area contributed by atoms with E-state index >= 15 is 0 Å². The monoisotopic (exact) mass is 515 g/mol. The highest BCUT2D eigenvalue weighted by Crippen LogP contribution is 2.30. The van der Waals surface area contributed by atoms with Crippen LogP contribution in [0.1, 0.15) is 47.9 Å². The summed E-state index contributed by atoms with van der Waals surface area (Å²) in [6, 6.07) is 15.1. The van der Waals surface area contributed by atoms with Gasteiger partial charge in [0.15, 0.2) is 0 Å². The molecule has 0 saturated carbocycles. The first-order chi connectivity index (χ1) is 16.3. The summed E-state index contributed by atoms with van der Waals surface area (Å²) in [4.78, 5) is 18.4. The van der Waals surface area contributed by atoms with Crippen molar-refractivity contribution in [2.45, 2.75) is 39.7 Å². The van der Waals surface area contributed by atoms with Crippen molar-refractivity contribution in [2.75, 3.05) is 5.75 Å². The molecule has 0 atom stereocenters. The average molecular weight is 516 g/mol. The molecule has 9 heteroatoms. The third-order valence-corrected chi connectivity index (χ3v) is 8.25. The lowest BCUT2D eigenvalue weighted by molar-refractivity contribution is 0.0981. The zero-order valence-corrected chi connectivity index (χ0v) is 21.4. The molecule has 0 fully saturated rings. The molecule has 0 bridgehead atoms. The van der Waals surface area contributed by atoms with Crippen LogP contribution in [-0.2, 0) is 16.6 Å². The lowest BCUT2D eigenvalue weighted by Gasteiger charge is -2.11. The Morgan fingerprint density at radius 2 is 1.97 bits per heavy atom. The predicted octanol–water partition coefficient (Wildman–Crippen LogP) is 6.02. The van der Waals surface area contributed by atoms with Crippen LogP contribution in [0.2, 0.25) is 5.02 Å². The molecule has 178 valence electrons. The van der Waals surface area contributed by atoms with E-state index in [1.807, 2.05) is 48.1 Å². The maximum absolute atomic E-state index is 12.7. The number of hydrogen-bond donors (Lipinski definition) is 1. The summed E-state index contributed by atoms with van der Waals surface area (Å²) in [5.74, 6) is 0.0755. The number of nitrogens with zero attached hydrogens (tertiary/aromatic N) is 2. The van der Waals surface area contributed by atoms with Gasteiger partial charge in [0.05, 0.1) is 23.3 Å². The first-order valence-electron chi connectivity index (χ1n) is 11.1. The van der Waals surface area contributed by atoms with Crippen LogP contribution in [0, 0.1) is 6.92 Å². The number of rotatable bonds is 9. The SMILES string of the molecule is CCCCCS(=O)(=O)NC(=O)c1ccc2nc(C)n(Cc3ccc(-c4cccs4)cc3Cl)c2c1. The van der Waals surface area contributed by atoms with Gasteiger partial charge in [0, 0.05) is 15.5 Å². The van der Waals surface area contributed by atoms with Crippen molar-refractivity contribution in [2.24, 2.45) is 0 Å². The second kappa shape index (κ2) is 10.3. The normalized spacial score (nSPS) is 11.7. The maximum Gasteiger partial charge on any atom is 0.264 e. The molecule has 0 aliphatic carbocycles. The van der Waals surface area contributed by atoms with Gasteiger partial charge in [-0.2, -0.15) is 0 Å². The van der Waals surface area contributed by atoms with Crippen molar-refractivity contribution in [1.29, 1.82) is 0 Å². The van der Waals surface area contributed by atoms with Crippen molar-refractivity contribution in [3.63, 3.8) is 0 Å². The van der Waals surface area contributed by atoms with E-state index in [0.29, 0.717) is 18.0 Å². The summed E-state index contributed by atoms with van der Waals surface area (Å²) in [5.41, 5.74) is 3.73. The number of unbranched alkanes of at least 4 members (excludes halogenated alkanes) is 2. The smallest absolute Gasteiger partial charge is 0.264 e. The molecule has 0 aliphatic heterocycles. The molecule has 2 heterocycles. The van der Waals surface area contributed by atoms with Gasteiger partial charge in [0.1, 0.15) is 5.82 Å². The highest BCUT2D eigenvalue weighted by atomic mass is 35.5. The largest absolute Gasteiger partial charge is 0.324 e. The minimum atomic E-state index is -3.67. The van der Waals surface area contributed by atoms with Gasteiger partial charge in [-0.25, -0.2) is 18.1 Å². The van der Waals surface area contributed by atoms with Gasteiger partial charge < -0.3 is 4.57 Å². The van der Waals surface area contributed by atoms with Crippen LogP contribution in [0.4, 0.5) is 0 Å². The molecule has 1 amide bonds. The van der Waals surface area contributed by atoms with Crippen LogP contribution < -0.4 is 4.72 Å². The van der Waals surface area contributed by atoms with Crippen LogP contribution >= 0.6 is 22.9 Å². The quantitative estimate of drug-likeness (QED) is 0.276. The van der Waals surface area contributed by atoms with E-state index < -0.39 is 15.9 Å². The van der Waals surface area contributed by atoms with Gasteiger partial charge in [0.2, 0.25) is 10.0 Å².